The first-order valence-electron chi connectivity index (χ1n) is 5.96. The largest absolute Gasteiger partial charge is 0.469 e. The molecular weight excluding hydrogens is 204 g/mol. The molecule has 0 atom stereocenters. The molecule has 0 aliphatic carbocycles. The van der Waals surface area contributed by atoms with Crippen LogP contribution in [0.3, 0.4) is 0 Å². The van der Waals surface area contributed by atoms with Gasteiger partial charge in [0.15, 0.2) is 0 Å². The number of methoxy groups -OCH3 is 1. The molecule has 0 heterocycles. The van der Waals surface area contributed by atoms with E-state index in [0.717, 1.165) is 44.8 Å². The lowest BCUT2D eigenvalue weighted by atomic mass is 10.1. The SMILES string of the molecule is COC(=O)CCCCCC/C=C/CCC=O. The van der Waals surface area contributed by atoms with E-state index in [0.29, 0.717) is 12.8 Å². The van der Waals surface area contributed by atoms with Gasteiger partial charge < -0.3 is 9.53 Å². The molecule has 0 saturated carbocycles. The lowest BCUT2D eigenvalue weighted by Crippen LogP contribution is -1.98. The fraction of sp³-hybridized carbons (Fsp3) is 0.692. The maximum absolute atomic E-state index is 10.8. The molecule has 0 aromatic carbocycles. The quantitative estimate of drug-likeness (QED) is 0.249. The average molecular weight is 226 g/mol. The van der Waals surface area contributed by atoms with Crippen LogP contribution in [0.5, 0.6) is 0 Å². The van der Waals surface area contributed by atoms with Gasteiger partial charge in [-0.3, -0.25) is 4.79 Å². The maximum atomic E-state index is 10.8. The summed E-state index contributed by atoms with van der Waals surface area (Å²) in [6.07, 6.45) is 12.5. The average Bonchev–Trinajstić information content (AvgIpc) is 2.31. The van der Waals surface area contributed by atoms with Gasteiger partial charge in [0, 0.05) is 12.8 Å². The van der Waals surface area contributed by atoms with E-state index in [2.05, 4.69) is 16.9 Å². The van der Waals surface area contributed by atoms with Crippen LogP contribution in [0.2, 0.25) is 0 Å². The predicted octanol–water partition coefficient (Wildman–Crippen LogP) is 3.04. The Hall–Kier alpha value is -1.12. The summed E-state index contributed by atoms with van der Waals surface area (Å²) in [5.74, 6) is -0.117. The first-order chi connectivity index (χ1) is 7.81. The zero-order valence-electron chi connectivity index (χ0n) is 10.1. The van der Waals surface area contributed by atoms with Crippen molar-refractivity contribution in [2.75, 3.05) is 7.11 Å². The van der Waals surface area contributed by atoms with Gasteiger partial charge in [-0.1, -0.05) is 25.0 Å². The van der Waals surface area contributed by atoms with E-state index in [4.69, 9.17) is 0 Å². The van der Waals surface area contributed by atoms with Crippen molar-refractivity contribution in [2.24, 2.45) is 0 Å². The Morgan fingerprint density at radius 3 is 2.38 bits per heavy atom. The molecule has 0 aromatic rings. The zero-order chi connectivity index (χ0) is 12.1. The first kappa shape index (κ1) is 14.9. The van der Waals surface area contributed by atoms with E-state index in [9.17, 15) is 9.59 Å². The standard InChI is InChI=1S/C13H22O3/c1-16-13(15)11-9-7-5-3-2-4-6-8-10-12-14/h4,6,12H,2-3,5,7-11H2,1H3/b6-4+. The number of hydrogen-bond donors (Lipinski definition) is 0. The van der Waals surface area contributed by atoms with Crippen LogP contribution >= 0.6 is 0 Å². The molecule has 0 radical (unpaired) electrons. The molecule has 0 aliphatic heterocycles. The van der Waals surface area contributed by atoms with Crippen LogP contribution in [-0.4, -0.2) is 19.4 Å². The van der Waals surface area contributed by atoms with Crippen molar-refractivity contribution >= 4 is 12.3 Å². The molecule has 0 spiro atoms. The number of rotatable bonds is 10. The minimum atomic E-state index is -0.117. The predicted molar refractivity (Wildman–Crippen MR) is 64.2 cm³/mol. The molecule has 0 amide bonds. The molecule has 3 heteroatoms. The van der Waals surface area contributed by atoms with Crippen molar-refractivity contribution < 1.29 is 14.3 Å². The molecule has 0 bridgehead atoms. The molecule has 0 N–H and O–H groups in total. The summed E-state index contributed by atoms with van der Waals surface area (Å²) in [6.45, 7) is 0. The number of hydrogen-bond acceptors (Lipinski definition) is 3. The van der Waals surface area contributed by atoms with Crippen LogP contribution < -0.4 is 0 Å². The Morgan fingerprint density at radius 1 is 1.00 bits per heavy atom. The van der Waals surface area contributed by atoms with Gasteiger partial charge in [-0.25, -0.2) is 0 Å². The number of esters is 1. The van der Waals surface area contributed by atoms with Gasteiger partial charge in [0.25, 0.3) is 0 Å². The number of unbranched alkanes of at least 4 members (excludes halogenated alkanes) is 5. The minimum absolute atomic E-state index is 0.117. The molecule has 0 aliphatic rings. The van der Waals surface area contributed by atoms with E-state index in [1.807, 2.05) is 0 Å². The van der Waals surface area contributed by atoms with E-state index in [1.54, 1.807) is 0 Å². The van der Waals surface area contributed by atoms with Gasteiger partial charge in [-0.05, 0) is 25.7 Å². The second-order valence-electron chi connectivity index (χ2n) is 3.74. The second kappa shape index (κ2) is 12.0. The van der Waals surface area contributed by atoms with E-state index in [1.165, 1.54) is 7.11 Å². The van der Waals surface area contributed by atoms with Crippen molar-refractivity contribution in [3.05, 3.63) is 12.2 Å². The van der Waals surface area contributed by atoms with Crippen molar-refractivity contribution in [1.82, 2.24) is 0 Å². The lowest BCUT2D eigenvalue weighted by molar-refractivity contribution is -0.140. The summed E-state index contributed by atoms with van der Waals surface area (Å²) in [5, 5.41) is 0. The molecular formula is C13H22O3. The summed E-state index contributed by atoms with van der Waals surface area (Å²) in [7, 11) is 1.42. The van der Waals surface area contributed by atoms with Gasteiger partial charge in [-0.15, -0.1) is 0 Å². The van der Waals surface area contributed by atoms with E-state index >= 15 is 0 Å². The topological polar surface area (TPSA) is 43.4 Å². The monoisotopic (exact) mass is 226 g/mol. The maximum Gasteiger partial charge on any atom is 0.305 e. The fourth-order valence-electron chi connectivity index (χ4n) is 1.39. The van der Waals surface area contributed by atoms with Crippen molar-refractivity contribution in [3.8, 4) is 0 Å². The van der Waals surface area contributed by atoms with Gasteiger partial charge in [0.1, 0.15) is 6.29 Å². The Kier molecular flexibility index (Phi) is 11.1. The molecule has 16 heavy (non-hydrogen) atoms. The Bertz CT molecular complexity index is 209. The van der Waals surface area contributed by atoms with Crippen LogP contribution in [0.25, 0.3) is 0 Å². The highest BCUT2D eigenvalue weighted by Crippen LogP contribution is 2.06. The summed E-state index contributed by atoms with van der Waals surface area (Å²) in [6, 6.07) is 0. The van der Waals surface area contributed by atoms with Crippen molar-refractivity contribution in [3.63, 3.8) is 0 Å². The van der Waals surface area contributed by atoms with Crippen LogP contribution in [0.1, 0.15) is 51.4 Å². The van der Waals surface area contributed by atoms with Gasteiger partial charge in [-0.2, -0.15) is 0 Å². The number of ether oxygens (including phenoxy) is 1. The van der Waals surface area contributed by atoms with Gasteiger partial charge in [0.05, 0.1) is 7.11 Å². The van der Waals surface area contributed by atoms with Crippen molar-refractivity contribution in [2.45, 2.75) is 51.4 Å². The smallest absolute Gasteiger partial charge is 0.305 e. The fourth-order valence-corrected chi connectivity index (χ4v) is 1.39. The first-order valence-corrected chi connectivity index (χ1v) is 5.96. The number of carbonyl (C=O) groups excluding carboxylic acids is 2. The molecule has 0 fully saturated rings. The molecule has 92 valence electrons. The lowest BCUT2D eigenvalue weighted by Gasteiger charge is -1.99. The highest BCUT2D eigenvalue weighted by atomic mass is 16.5. The van der Waals surface area contributed by atoms with Crippen molar-refractivity contribution in [1.29, 1.82) is 0 Å². The third-order valence-corrected chi connectivity index (χ3v) is 2.35. The van der Waals surface area contributed by atoms with E-state index < -0.39 is 0 Å². The van der Waals surface area contributed by atoms with Crippen LogP contribution in [0.4, 0.5) is 0 Å². The Balaban J connectivity index is 3.12. The minimum Gasteiger partial charge on any atom is -0.469 e. The van der Waals surface area contributed by atoms with Gasteiger partial charge in [0.2, 0.25) is 0 Å². The van der Waals surface area contributed by atoms with E-state index in [-0.39, 0.29) is 5.97 Å². The van der Waals surface area contributed by atoms with Crippen LogP contribution in [0, 0.1) is 0 Å². The van der Waals surface area contributed by atoms with Crippen LogP contribution in [0.15, 0.2) is 12.2 Å². The third-order valence-electron chi connectivity index (χ3n) is 2.35. The number of aldehydes is 1. The highest BCUT2D eigenvalue weighted by Gasteiger charge is 1.98. The Labute approximate surface area is 97.9 Å². The molecule has 3 nitrogen and oxygen atoms in total. The summed E-state index contributed by atoms with van der Waals surface area (Å²) in [4.78, 5) is 20.8. The normalized spacial score (nSPS) is 10.6. The third kappa shape index (κ3) is 11.0. The zero-order valence-corrected chi connectivity index (χ0v) is 10.1. The molecule has 0 unspecified atom stereocenters. The number of allylic oxidation sites excluding steroid dienone is 2. The van der Waals surface area contributed by atoms with Gasteiger partial charge >= 0.3 is 5.97 Å². The molecule has 0 saturated heterocycles. The number of carbonyl (C=O) groups is 2. The Morgan fingerprint density at radius 2 is 1.69 bits per heavy atom. The molecule has 0 rings (SSSR count). The molecule has 0 aromatic heterocycles. The summed E-state index contributed by atoms with van der Waals surface area (Å²) >= 11 is 0. The highest BCUT2D eigenvalue weighted by molar-refractivity contribution is 5.68. The summed E-state index contributed by atoms with van der Waals surface area (Å²) in [5.41, 5.74) is 0. The second-order valence-corrected chi connectivity index (χ2v) is 3.74. The summed E-state index contributed by atoms with van der Waals surface area (Å²) < 4.78 is 4.55. The van der Waals surface area contributed by atoms with Crippen LogP contribution in [-0.2, 0) is 14.3 Å².